The van der Waals surface area contributed by atoms with Crippen molar-refractivity contribution in [1.82, 2.24) is 9.97 Å². The van der Waals surface area contributed by atoms with E-state index in [2.05, 4.69) is 23.7 Å². The van der Waals surface area contributed by atoms with Crippen LogP contribution in [0.4, 0.5) is 11.6 Å². The number of anilines is 2. The van der Waals surface area contributed by atoms with Gasteiger partial charge in [0, 0.05) is 24.6 Å². The molecule has 2 atom stereocenters. The fourth-order valence-electron chi connectivity index (χ4n) is 3.51. The lowest BCUT2D eigenvalue weighted by Crippen LogP contribution is -2.24. The van der Waals surface area contributed by atoms with Crippen LogP contribution in [0, 0.1) is 18.8 Å². The monoisotopic (exact) mass is 260 g/mol. The van der Waals surface area contributed by atoms with E-state index in [1.165, 1.54) is 19.3 Å². The Morgan fingerprint density at radius 3 is 2.37 bits per heavy atom. The number of nitrogens with zero attached hydrogens (tertiary/aromatic N) is 3. The minimum atomic E-state index is 0.323. The van der Waals surface area contributed by atoms with Crippen molar-refractivity contribution in [2.45, 2.75) is 46.0 Å². The predicted octanol–water partition coefficient (Wildman–Crippen LogP) is 2.73. The van der Waals surface area contributed by atoms with Gasteiger partial charge in [-0.1, -0.05) is 20.3 Å². The maximum Gasteiger partial charge on any atom is 0.137 e. The molecule has 19 heavy (non-hydrogen) atoms. The molecular weight excluding hydrogens is 236 g/mol. The topological polar surface area (TPSA) is 55.0 Å². The lowest BCUT2D eigenvalue weighted by molar-refractivity contribution is 0.494. The molecule has 1 saturated carbocycles. The summed E-state index contributed by atoms with van der Waals surface area (Å²) in [5.41, 5.74) is 7.11. The standard InChI is InChI=1S/C15H24N4/c1-9(2)14-17-13(16)10(3)15(18-14)19-7-11-5-4-6-12(11)8-19/h9,11-12H,4-8H2,1-3H3,(H2,16,17,18). The van der Waals surface area contributed by atoms with Gasteiger partial charge in [-0.05, 0) is 31.6 Å². The highest BCUT2D eigenvalue weighted by Gasteiger charge is 2.37. The Hall–Kier alpha value is -1.32. The second kappa shape index (κ2) is 4.66. The first-order chi connectivity index (χ1) is 9.06. The van der Waals surface area contributed by atoms with Crippen molar-refractivity contribution < 1.29 is 0 Å². The second-order valence-electron chi connectivity index (χ2n) is 6.43. The summed E-state index contributed by atoms with van der Waals surface area (Å²) in [5, 5.41) is 0. The first-order valence-corrected chi connectivity index (χ1v) is 7.45. The molecule has 2 aliphatic rings. The van der Waals surface area contributed by atoms with Crippen LogP contribution < -0.4 is 10.6 Å². The van der Waals surface area contributed by atoms with Gasteiger partial charge >= 0.3 is 0 Å². The fourth-order valence-corrected chi connectivity index (χ4v) is 3.51. The van der Waals surface area contributed by atoms with Crippen LogP contribution >= 0.6 is 0 Å². The van der Waals surface area contributed by atoms with Crippen molar-refractivity contribution in [3.63, 3.8) is 0 Å². The molecule has 0 spiro atoms. The minimum absolute atomic E-state index is 0.323. The Morgan fingerprint density at radius 1 is 1.16 bits per heavy atom. The SMILES string of the molecule is Cc1c(N)nc(C(C)C)nc1N1CC2CCCC2C1. The van der Waals surface area contributed by atoms with E-state index in [-0.39, 0.29) is 0 Å². The third kappa shape index (κ3) is 2.17. The maximum atomic E-state index is 6.06. The number of nitrogens with two attached hydrogens (primary N) is 1. The average Bonchev–Trinajstić information content (AvgIpc) is 2.92. The molecule has 1 aromatic rings. The lowest BCUT2D eigenvalue weighted by Gasteiger charge is -2.22. The molecular formula is C15H24N4. The number of hydrogen-bond acceptors (Lipinski definition) is 4. The molecule has 1 saturated heterocycles. The second-order valence-corrected chi connectivity index (χ2v) is 6.43. The molecule has 1 aromatic heterocycles. The van der Waals surface area contributed by atoms with Crippen LogP contribution in [0.2, 0.25) is 0 Å². The van der Waals surface area contributed by atoms with E-state index in [4.69, 9.17) is 10.7 Å². The number of fused-ring (bicyclic) bond motifs is 1. The van der Waals surface area contributed by atoms with Crippen molar-refractivity contribution in [3.05, 3.63) is 11.4 Å². The maximum absolute atomic E-state index is 6.06. The van der Waals surface area contributed by atoms with Gasteiger partial charge in [-0.2, -0.15) is 0 Å². The van der Waals surface area contributed by atoms with Gasteiger partial charge in [-0.25, -0.2) is 9.97 Å². The fraction of sp³-hybridized carbons (Fsp3) is 0.733. The third-order valence-electron chi connectivity index (χ3n) is 4.72. The van der Waals surface area contributed by atoms with Crippen LogP contribution in [-0.4, -0.2) is 23.1 Å². The quantitative estimate of drug-likeness (QED) is 0.888. The van der Waals surface area contributed by atoms with Crippen LogP contribution in [-0.2, 0) is 0 Å². The summed E-state index contributed by atoms with van der Waals surface area (Å²) in [6.45, 7) is 8.58. The highest BCUT2D eigenvalue weighted by atomic mass is 15.2. The molecule has 0 bridgehead atoms. The normalized spacial score (nSPS) is 26.2. The zero-order valence-corrected chi connectivity index (χ0v) is 12.2. The molecule has 1 aliphatic carbocycles. The van der Waals surface area contributed by atoms with E-state index in [0.717, 1.165) is 42.1 Å². The predicted molar refractivity (Wildman–Crippen MR) is 78.3 cm³/mol. The zero-order valence-electron chi connectivity index (χ0n) is 12.2. The van der Waals surface area contributed by atoms with Gasteiger partial charge in [0.2, 0.25) is 0 Å². The van der Waals surface area contributed by atoms with E-state index in [1.807, 2.05) is 6.92 Å². The first kappa shape index (κ1) is 12.7. The number of hydrogen-bond donors (Lipinski definition) is 1. The molecule has 4 nitrogen and oxygen atoms in total. The van der Waals surface area contributed by atoms with Crippen molar-refractivity contribution >= 4 is 11.6 Å². The number of aromatic nitrogens is 2. The molecule has 2 heterocycles. The average molecular weight is 260 g/mol. The smallest absolute Gasteiger partial charge is 0.137 e. The van der Waals surface area contributed by atoms with E-state index < -0.39 is 0 Å². The lowest BCUT2D eigenvalue weighted by atomic mass is 10.0. The van der Waals surface area contributed by atoms with Gasteiger partial charge in [0.05, 0.1) is 0 Å². The zero-order chi connectivity index (χ0) is 13.6. The number of nitrogen functional groups attached to an aromatic ring is 1. The molecule has 2 unspecified atom stereocenters. The van der Waals surface area contributed by atoms with Crippen molar-refractivity contribution in [2.24, 2.45) is 11.8 Å². The van der Waals surface area contributed by atoms with Gasteiger partial charge < -0.3 is 10.6 Å². The highest BCUT2D eigenvalue weighted by molar-refractivity contribution is 5.57. The van der Waals surface area contributed by atoms with Crippen LogP contribution in [0.15, 0.2) is 0 Å². The number of rotatable bonds is 2. The summed E-state index contributed by atoms with van der Waals surface area (Å²) in [6, 6.07) is 0. The van der Waals surface area contributed by atoms with Gasteiger partial charge in [-0.15, -0.1) is 0 Å². The van der Waals surface area contributed by atoms with Gasteiger partial charge in [-0.3, -0.25) is 0 Å². The summed E-state index contributed by atoms with van der Waals surface area (Å²) >= 11 is 0. The largest absolute Gasteiger partial charge is 0.383 e. The Bertz CT molecular complexity index is 471. The van der Waals surface area contributed by atoms with Crippen LogP contribution in [0.3, 0.4) is 0 Å². The van der Waals surface area contributed by atoms with E-state index in [0.29, 0.717) is 11.7 Å². The summed E-state index contributed by atoms with van der Waals surface area (Å²) < 4.78 is 0. The van der Waals surface area contributed by atoms with E-state index in [9.17, 15) is 0 Å². The Kier molecular flexibility index (Phi) is 3.11. The van der Waals surface area contributed by atoms with Gasteiger partial charge in [0.15, 0.2) is 0 Å². The molecule has 3 rings (SSSR count). The minimum Gasteiger partial charge on any atom is -0.383 e. The molecule has 1 aliphatic heterocycles. The van der Waals surface area contributed by atoms with Crippen LogP contribution in [0.1, 0.15) is 50.4 Å². The van der Waals surface area contributed by atoms with Crippen molar-refractivity contribution in [1.29, 1.82) is 0 Å². The summed E-state index contributed by atoms with van der Waals surface area (Å²) in [4.78, 5) is 11.6. The molecule has 4 heteroatoms. The molecule has 0 radical (unpaired) electrons. The van der Waals surface area contributed by atoms with Crippen molar-refractivity contribution in [3.8, 4) is 0 Å². The van der Waals surface area contributed by atoms with Gasteiger partial charge in [0.1, 0.15) is 17.5 Å². The van der Waals surface area contributed by atoms with Crippen molar-refractivity contribution in [2.75, 3.05) is 23.7 Å². The Balaban J connectivity index is 1.92. The molecule has 104 valence electrons. The van der Waals surface area contributed by atoms with Crippen LogP contribution in [0.5, 0.6) is 0 Å². The van der Waals surface area contributed by atoms with Gasteiger partial charge in [0.25, 0.3) is 0 Å². The van der Waals surface area contributed by atoms with E-state index >= 15 is 0 Å². The van der Waals surface area contributed by atoms with E-state index in [1.54, 1.807) is 0 Å². The molecule has 0 aromatic carbocycles. The summed E-state index contributed by atoms with van der Waals surface area (Å²) in [5.74, 6) is 4.66. The summed E-state index contributed by atoms with van der Waals surface area (Å²) in [6.07, 6.45) is 4.18. The molecule has 2 N–H and O–H groups in total. The first-order valence-electron chi connectivity index (χ1n) is 7.45. The summed E-state index contributed by atoms with van der Waals surface area (Å²) in [7, 11) is 0. The molecule has 2 fully saturated rings. The molecule has 0 amide bonds. The Morgan fingerprint density at radius 2 is 1.79 bits per heavy atom. The third-order valence-corrected chi connectivity index (χ3v) is 4.72. The highest BCUT2D eigenvalue weighted by Crippen LogP contribution is 2.40. The van der Waals surface area contributed by atoms with Crippen LogP contribution in [0.25, 0.3) is 0 Å². The Labute approximate surface area is 115 Å².